The van der Waals surface area contributed by atoms with E-state index in [9.17, 15) is 9.59 Å². The predicted octanol–water partition coefficient (Wildman–Crippen LogP) is 6.57. The van der Waals surface area contributed by atoms with Gasteiger partial charge in [0, 0.05) is 17.3 Å². The molecule has 1 aromatic carbocycles. The van der Waals surface area contributed by atoms with E-state index in [1.54, 1.807) is 36.7 Å². The monoisotopic (exact) mass is 664 g/mol. The van der Waals surface area contributed by atoms with E-state index in [1.165, 1.54) is 29.2 Å². The molecule has 4 rings (SSSR count). The molecule has 0 spiro atoms. The topological polar surface area (TPSA) is 119 Å². The molecule has 0 unspecified atom stereocenters. The lowest BCUT2D eigenvalue weighted by Crippen LogP contribution is -2.24. The summed E-state index contributed by atoms with van der Waals surface area (Å²) in [7, 11) is 0. The van der Waals surface area contributed by atoms with Gasteiger partial charge < -0.3 is 5.32 Å². The first kappa shape index (κ1) is 29.7. The average Bonchev–Trinajstić information content (AvgIpc) is 3.40. The van der Waals surface area contributed by atoms with Crippen molar-refractivity contribution >= 4 is 74.4 Å². The number of benzene rings is 1. The quantitative estimate of drug-likeness (QED) is 0.178. The van der Waals surface area contributed by atoms with E-state index >= 15 is 0 Å². The van der Waals surface area contributed by atoms with E-state index < -0.39 is 11.8 Å². The zero-order valence-corrected chi connectivity index (χ0v) is 25.9. The van der Waals surface area contributed by atoms with Crippen molar-refractivity contribution in [3.8, 4) is 5.82 Å². The molecule has 3 aromatic heterocycles. The summed E-state index contributed by atoms with van der Waals surface area (Å²) in [5.74, 6) is -0.889. The summed E-state index contributed by atoms with van der Waals surface area (Å²) in [6.45, 7) is 9.44. The fraction of sp³-hybridized carbons (Fsp3) is 0.231. The van der Waals surface area contributed by atoms with Crippen LogP contribution in [0.15, 0.2) is 46.2 Å². The minimum Gasteiger partial charge on any atom is -0.320 e. The van der Waals surface area contributed by atoms with Crippen molar-refractivity contribution in [2.45, 2.75) is 40.2 Å². The molecule has 2 amide bonds. The van der Waals surface area contributed by atoms with Gasteiger partial charge in [0.25, 0.3) is 11.8 Å². The standard InChI is InChI=1S/C26H24BrCl3N8O2/c1-13-9-15(28)10-16(24(39)34-32-12-17-14(2)35-38(22(17)30)26(3,4)5)21(13)33-25(40)19-11-20(27)36-37(19)23-18(29)7-6-8-31-23/h6-12H,1-5H3,(H,33,40)(H,34,39)/b32-12-. The van der Waals surface area contributed by atoms with Crippen molar-refractivity contribution in [2.75, 3.05) is 5.32 Å². The second-order valence-corrected chi connectivity index (χ2v) is 11.8. The SMILES string of the molecule is Cc1cc(Cl)cc(C(=O)N/N=C\c2c(C)nn(C(C)(C)C)c2Cl)c1NC(=O)c1cc(Br)nn1-c1ncccc1Cl. The lowest BCUT2D eigenvalue weighted by molar-refractivity contribution is 0.0956. The molecule has 0 saturated heterocycles. The van der Waals surface area contributed by atoms with Gasteiger partial charge >= 0.3 is 0 Å². The van der Waals surface area contributed by atoms with Crippen LogP contribution in [-0.4, -0.2) is 42.6 Å². The summed E-state index contributed by atoms with van der Waals surface area (Å²) in [5, 5.41) is 16.6. The van der Waals surface area contributed by atoms with Gasteiger partial charge in [-0.2, -0.15) is 15.3 Å². The van der Waals surface area contributed by atoms with Crippen molar-refractivity contribution in [1.82, 2.24) is 30.0 Å². The Kier molecular flexibility index (Phi) is 8.69. The molecule has 2 N–H and O–H groups in total. The maximum absolute atomic E-state index is 13.4. The fourth-order valence-electron chi connectivity index (χ4n) is 3.79. The maximum atomic E-state index is 13.4. The van der Waals surface area contributed by atoms with Crippen molar-refractivity contribution in [1.29, 1.82) is 0 Å². The fourth-order valence-corrected chi connectivity index (χ4v) is 5.12. The number of hydrogen-bond donors (Lipinski definition) is 2. The van der Waals surface area contributed by atoms with Crippen molar-refractivity contribution in [2.24, 2.45) is 5.10 Å². The molecule has 3 heterocycles. The van der Waals surface area contributed by atoms with Gasteiger partial charge in [0.2, 0.25) is 0 Å². The molecule has 0 saturated carbocycles. The van der Waals surface area contributed by atoms with Gasteiger partial charge in [-0.1, -0.05) is 34.8 Å². The summed E-state index contributed by atoms with van der Waals surface area (Å²) < 4.78 is 3.38. The predicted molar refractivity (Wildman–Crippen MR) is 160 cm³/mol. The number of nitrogens with one attached hydrogen (secondary N) is 2. The van der Waals surface area contributed by atoms with E-state index in [0.717, 1.165) is 0 Å². The van der Waals surface area contributed by atoms with Crippen LogP contribution in [0.3, 0.4) is 0 Å². The van der Waals surface area contributed by atoms with E-state index in [4.69, 9.17) is 34.8 Å². The Morgan fingerprint density at radius 2 is 1.80 bits per heavy atom. The highest BCUT2D eigenvalue weighted by molar-refractivity contribution is 9.10. The van der Waals surface area contributed by atoms with Gasteiger partial charge in [0.1, 0.15) is 15.5 Å². The highest BCUT2D eigenvalue weighted by Crippen LogP contribution is 2.28. The number of carbonyl (C=O) groups is 2. The number of hydrogen-bond acceptors (Lipinski definition) is 6. The molecule has 4 aromatic rings. The summed E-state index contributed by atoms with van der Waals surface area (Å²) in [6.07, 6.45) is 2.96. The van der Waals surface area contributed by atoms with Gasteiger partial charge in [0.15, 0.2) is 5.82 Å². The number of aromatic nitrogens is 5. The highest BCUT2D eigenvalue weighted by atomic mass is 79.9. The van der Waals surface area contributed by atoms with E-state index in [0.29, 0.717) is 36.6 Å². The second-order valence-electron chi connectivity index (χ2n) is 9.74. The molecule has 208 valence electrons. The first-order valence-electron chi connectivity index (χ1n) is 11.8. The number of pyridine rings is 1. The van der Waals surface area contributed by atoms with Crippen LogP contribution in [-0.2, 0) is 5.54 Å². The van der Waals surface area contributed by atoms with Gasteiger partial charge in [-0.15, -0.1) is 0 Å². The van der Waals surface area contributed by atoms with Gasteiger partial charge in [0.05, 0.1) is 39.3 Å². The zero-order chi connectivity index (χ0) is 29.4. The van der Waals surface area contributed by atoms with E-state index in [1.807, 2.05) is 20.8 Å². The third kappa shape index (κ3) is 6.22. The largest absolute Gasteiger partial charge is 0.320 e. The van der Waals surface area contributed by atoms with Crippen molar-refractivity contribution < 1.29 is 9.59 Å². The normalized spacial score (nSPS) is 11.7. The van der Waals surface area contributed by atoms with Crippen LogP contribution in [0.5, 0.6) is 0 Å². The van der Waals surface area contributed by atoms with Crippen LogP contribution in [0.2, 0.25) is 15.2 Å². The first-order chi connectivity index (χ1) is 18.8. The van der Waals surface area contributed by atoms with Gasteiger partial charge in [-0.05, 0) is 80.4 Å². The lowest BCUT2D eigenvalue weighted by atomic mass is 10.1. The number of rotatable bonds is 6. The average molecular weight is 667 g/mol. The Hall–Kier alpha value is -3.25. The number of halogens is 4. The second kappa shape index (κ2) is 11.7. The zero-order valence-electron chi connectivity index (χ0n) is 22.1. The highest BCUT2D eigenvalue weighted by Gasteiger charge is 2.24. The molecule has 0 bridgehead atoms. The number of amides is 2. The summed E-state index contributed by atoms with van der Waals surface area (Å²) >= 11 is 22.3. The summed E-state index contributed by atoms with van der Waals surface area (Å²) in [5.41, 5.74) is 4.40. The smallest absolute Gasteiger partial charge is 0.274 e. The lowest BCUT2D eigenvalue weighted by Gasteiger charge is -2.20. The van der Waals surface area contributed by atoms with Gasteiger partial charge in [-0.25, -0.2) is 19.8 Å². The van der Waals surface area contributed by atoms with Crippen LogP contribution < -0.4 is 10.7 Å². The molecule has 14 heteroatoms. The minimum atomic E-state index is -0.600. The summed E-state index contributed by atoms with van der Waals surface area (Å²) in [4.78, 5) is 30.9. The van der Waals surface area contributed by atoms with Crippen LogP contribution in [0, 0.1) is 13.8 Å². The maximum Gasteiger partial charge on any atom is 0.274 e. The molecular formula is C26H24BrCl3N8O2. The molecular weight excluding hydrogens is 643 g/mol. The number of aryl methyl sites for hydroxylation is 2. The van der Waals surface area contributed by atoms with Crippen LogP contribution in [0.4, 0.5) is 5.69 Å². The number of anilines is 1. The third-order valence-corrected chi connectivity index (χ3v) is 6.94. The van der Waals surface area contributed by atoms with Crippen molar-refractivity contribution in [3.05, 3.63) is 84.4 Å². The Balaban J connectivity index is 1.62. The summed E-state index contributed by atoms with van der Waals surface area (Å²) in [6, 6.07) is 7.88. The minimum absolute atomic E-state index is 0.102. The number of nitrogens with zero attached hydrogens (tertiary/aromatic N) is 6. The number of carbonyl (C=O) groups excluding carboxylic acids is 2. The molecule has 0 aliphatic heterocycles. The van der Waals surface area contributed by atoms with Crippen molar-refractivity contribution in [3.63, 3.8) is 0 Å². The first-order valence-corrected chi connectivity index (χ1v) is 13.8. The molecule has 0 aliphatic rings. The molecule has 40 heavy (non-hydrogen) atoms. The molecule has 0 radical (unpaired) electrons. The molecule has 10 nitrogen and oxygen atoms in total. The van der Waals surface area contributed by atoms with E-state index in [-0.39, 0.29) is 28.3 Å². The Bertz CT molecular complexity index is 1660. The molecule has 0 fully saturated rings. The Morgan fingerprint density at radius 1 is 1.07 bits per heavy atom. The Morgan fingerprint density at radius 3 is 2.45 bits per heavy atom. The van der Waals surface area contributed by atoms with Crippen LogP contribution in [0.1, 0.15) is 58.4 Å². The van der Waals surface area contributed by atoms with E-state index in [2.05, 4.69) is 47.0 Å². The third-order valence-electron chi connectivity index (χ3n) is 5.68. The van der Waals surface area contributed by atoms with Gasteiger partial charge in [-0.3, -0.25) is 9.59 Å². The Labute approximate surface area is 253 Å². The number of hydrazone groups is 1. The van der Waals surface area contributed by atoms with Crippen LogP contribution in [0.25, 0.3) is 5.82 Å². The molecule has 0 aliphatic carbocycles. The van der Waals surface area contributed by atoms with Crippen LogP contribution >= 0.6 is 50.7 Å². The molecule has 0 atom stereocenters.